The second-order valence-electron chi connectivity index (χ2n) is 8.11. The van der Waals surface area contributed by atoms with Crippen molar-refractivity contribution in [3.63, 3.8) is 0 Å². The molecule has 1 saturated heterocycles. The number of benzene rings is 1. The SMILES string of the molecule is CCC(C)OC(=O)CC1C(=O)NCCN1C(=O)C(CC)Oc1ccccc1C(C)CC. The van der Waals surface area contributed by atoms with Crippen molar-refractivity contribution in [2.24, 2.45) is 0 Å². The van der Waals surface area contributed by atoms with Gasteiger partial charge in [-0.1, -0.05) is 45.9 Å². The van der Waals surface area contributed by atoms with E-state index in [4.69, 9.17) is 9.47 Å². The predicted octanol–water partition coefficient (Wildman–Crippen LogP) is 3.42. The van der Waals surface area contributed by atoms with Crippen LogP contribution in [0.3, 0.4) is 0 Å². The third-order valence-electron chi connectivity index (χ3n) is 5.86. The van der Waals surface area contributed by atoms with Gasteiger partial charge in [-0.2, -0.15) is 0 Å². The number of hydrogen-bond acceptors (Lipinski definition) is 5. The quantitative estimate of drug-likeness (QED) is 0.573. The Morgan fingerprint density at radius 2 is 1.84 bits per heavy atom. The summed E-state index contributed by atoms with van der Waals surface area (Å²) in [6.45, 7) is 10.5. The second-order valence-corrected chi connectivity index (χ2v) is 8.11. The number of para-hydroxylation sites is 1. The van der Waals surface area contributed by atoms with Crippen LogP contribution in [-0.2, 0) is 19.1 Å². The summed E-state index contributed by atoms with van der Waals surface area (Å²) in [6, 6.07) is 6.86. The van der Waals surface area contributed by atoms with Gasteiger partial charge in [0.15, 0.2) is 6.10 Å². The van der Waals surface area contributed by atoms with E-state index in [1.165, 1.54) is 4.90 Å². The molecule has 2 rings (SSSR count). The summed E-state index contributed by atoms with van der Waals surface area (Å²) in [5.41, 5.74) is 1.06. The Kier molecular flexibility index (Phi) is 9.34. The number of ether oxygens (including phenoxy) is 2. The van der Waals surface area contributed by atoms with E-state index in [2.05, 4.69) is 19.2 Å². The van der Waals surface area contributed by atoms with Crippen LogP contribution < -0.4 is 10.1 Å². The maximum Gasteiger partial charge on any atom is 0.308 e. The molecule has 1 aromatic carbocycles. The molecule has 0 bridgehead atoms. The summed E-state index contributed by atoms with van der Waals surface area (Å²) in [6.07, 6.45) is 0.971. The molecule has 2 amide bonds. The van der Waals surface area contributed by atoms with E-state index >= 15 is 0 Å². The Bertz CT molecular complexity index is 766. The van der Waals surface area contributed by atoms with Crippen LogP contribution in [0.5, 0.6) is 5.75 Å². The highest BCUT2D eigenvalue weighted by Crippen LogP contribution is 2.30. The molecular weight excluding hydrogens is 396 g/mol. The molecule has 1 aliphatic heterocycles. The van der Waals surface area contributed by atoms with E-state index in [1.807, 2.05) is 38.1 Å². The monoisotopic (exact) mass is 432 g/mol. The fraction of sp³-hybridized carbons (Fsp3) is 0.625. The highest BCUT2D eigenvalue weighted by molar-refractivity contribution is 5.93. The van der Waals surface area contributed by atoms with Crippen LogP contribution in [0.1, 0.15) is 71.8 Å². The van der Waals surface area contributed by atoms with Crippen LogP contribution in [0.2, 0.25) is 0 Å². The van der Waals surface area contributed by atoms with Crippen molar-refractivity contribution in [2.45, 2.75) is 84.5 Å². The first-order valence-corrected chi connectivity index (χ1v) is 11.3. The van der Waals surface area contributed by atoms with Crippen LogP contribution in [0.4, 0.5) is 0 Å². The van der Waals surface area contributed by atoms with E-state index < -0.39 is 18.1 Å². The molecule has 4 unspecified atom stereocenters. The van der Waals surface area contributed by atoms with Crippen molar-refractivity contribution < 1.29 is 23.9 Å². The molecule has 0 saturated carbocycles. The Morgan fingerprint density at radius 1 is 1.13 bits per heavy atom. The Morgan fingerprint density at radius 3 is 2.48 bits per heavy atom. The van der Waals surface area contributed by atoms with Gasteiger partial charge in [0.25, 0.3) is 5.91 Å². The van der Waals surface area contributed by atoms with Gasteiger partial charge in [-0.05, 0) is 43.7 Å². The number of carbonyl (C=O) groups is 3. The van der Waals surface area contributed by atoms with Crippen LogP contribution in [-0.4, -0.2) is 54.0 Å². The summed E-state index contributed by atoms with van der Waals surface area (Å²) in [5, 5.41) is 2.75. The summed E-state index contributed by atoms with van der Waals surface area (Å²) in [7, 11) is 0. The molecule has 0 radical (unpaired) electrons. The largest absolute Gasteiger partial charge is 0.480 e. The molecule has 1 aliphatic rings. The maximum absolute atomic E-state index is 13.4. The van der Waals surface area contributed by atoms with Gasteiger partial charge >= 0.3 is 5.97 Å². The molecule has 0 aromatic heterocycles. The first-order chi connectivity index (χ1) is 14.8. The number of nitrogens with zero attached hydrogens (tertiary/aromatic N) is 1. The van der Waals surface area contributed by atoms with Crippen molar-refractivity contribution in [1.29, 1.82) is 0 Å². The number of hydrogen-bond donors (Lipinski definition) is 1. The molecule has 4 atom stereocenters. The lowest BCUT2D eigenvalue weighted by Gasteiger charge is -2.36. The molecule has 1 heterocycles. The number of rotatable bonds is 10. The van der Waals surface area contributed by atoms with Gasteiger partial charge in [-0.25, -0.2) is 0 Å². The third-order valence-corrected chi connectivity index (χ3v) is 5.86. The van der Waals surface area contributed by atoms with Crippen molar-refractivity contribution in [1.82, 2.24) is 10.2 Å². The zero-order chi connectivity index (χ0) is 23.0. The smallest absolute Gasteiger partial charge is 0.308 e. The van der Waals surface area contributed by atoms with Crippen LogP contribution in [0.15, 0.2) is 24.3 Å². The average Bonchev–Trinajstić information content (AvgIpc) is 2.77. The van der Waals surface area contributed by atoms with Gasteiger partial charge < -0.3 is 19.7 Å². The lowest BCUT2D eigenvalue weighted by molar-refractivity contribution is -0.156. The van der Waals surface area contributed by atoms with Gasteiger partial charge in [0, 0.05) is 13.1 Å². The van der Waals surface area contributed by atoms with E-state index in [1.54, 1.807) is 6.92 Å². The third kappa shape index (κ3) is 6.45. The summed E-state index contributed by atoms with van der Waals surface area (Å²) >= 11 is 0. The topological polar surface area (TPSA) is 84.9 Å². The minimum absolute atomic E-state index is 0.165. The molecule has 1 N–H and O–H groups in total. The summed E-state index contributed by atoms with van der Waals surface area (Å²) < 4.78 is 11.5. The number of piperazine rings is 1. The summed E-state index contributed by atoms with van der Waals surface area (Å²) in [5.74, 6) is -0.114. The van der Waals surface area contributed by atoms with Crippen molar-refractivity contribution >= 4 is 17.8 Å². The molecular formula is C24H36N2O5. The first kappa shape index (κ1) is 24.7. The molecule has 0 spiro atoms. The average molecular weight is 433 g/mol. The molecule has 7 heteroatoms. The Balaban J connectivity index is 2.18. The standard InChI is InChI=1S/C24H36N2O5/c1-6-16(4)18-11-9-10-12-21(18)31-20(8-3)24(29)26-14-13-25-23(28)19(26)15-22(27)30-17(5)7-2/h9-12,16-17,19-20H,6-8,13-15H2,1-5H3,(H,25,28). The number of carbonyl (C=O) groups excluding carboxylic acids is 3. The lowest BCUT2D eigenvalue weighted by Crippen LogP contribution is -2.60. The van der Waals surface area contributed by atoms with E-state index in [0.717, 1.165) is 12.0 Å². The van der Waals surface area contributed by atoms with Gasteiger partial charge in [0.1, 0.15) is 11.8 Å². The number of amides is 2. The van der Waals surface area contributed by atoms with Crippen LogP contribution in [0, 0.1) is 0 Å². The van der Waals surface area contributed by atoms with Crippen LogP contribution >= 0.6 is 0 Å². The second kappa shape index (κ2) is 11.7. The Labute approximate surface area is 185 Å². The van der Waals surface area contributed by atoms with E-state index in [0.29, 0.717) is 37.6 Å². The Hall–Kier alpha value is -2.57. The van der Waals surface area contributed by atoms with Crippen molar-refractivity contribution in [2.75, 3.05) is 13.1 Å². The van der Waals surface area contributed by atoms with Gasteiger partial charge in [-0.3, -0.25) is 14.4 Å². The van der Waals surface area contributed by atoms with E-state index in [-0.39, 0.29) is 24.3 Å². The fourth-order valence-electron chi connectivity index (χ4n) is 3.56. The zero-order valence-corrected chi connectivity index (χ0v) is 19.3. The van der Waals surface area contributed by atoms with Gasteiger partial charge in [0.05, 0.1) is 12.5 Å². The number of nitrogens with one attached hydrogen (secondary N) is 1. The van der Waals surface area contributed by atoms with Crippen molar-refractivity contribution in [3.8, 4) is 5.75 Å². The minimum Gasteiger partial charge on any atom is -0.480 e. The van der Waals surface area contributed by atoms with Crippen LogP contribution in [0.25, 0.3) is 0 Å². The van der Waals surface area contributed by atoms with E-state index in [9.17, 15) is 14.4 Å². The molecule has 7 nitrogen and oxygen atoms in total. The van der Waals surface area contributed by atoms with Gasteiger partial charge in [-0.15, -0.1) is 0 Å². The molecule has 0 aliphatic carbocycles. The zero-order valence-electron chi connectivity index (χ0n) is 19.3. The molecule has 31 heavy (non-hydrogen) atoms. The fourth-order valence-corrected chi connectivity index (χ4v) is 3.56. The summed E-state index contributed by atoms with van der Waals surface area (Å²) in [4.78, 5) is 39.6. The normalized spacial score (nSPS) is 19.2. The first-order valence-electron chi connectivity index (χ1n) is 11.3. The van der Waals surface area contributed by atoms with Crippen molar-refractivity contribution in [3.05, 3.63) is 29.8 Å². The lowest BCUT2D eigenvalue weighted by atomic mass is 9.97. The maximum atomic E-state index is 13.4. The molecule has 1 fully saturated rings. The number of esters is 1. The molecule has 172 valence electrons. The highest BCUT2D eigenvalue weighted by atomic mass is 16.5. The highest BCUT2D eigenvalue weighted by Gasteiger charge is 2.38. The molecule has 1 aromatic rings. The van der Waals surface area contributed by atoms with Gasteiger partial charge in [0.2, 0.25) is 5.91 Å². The predicted molar refractivity (Wildman–Crippen MR) is 119 cm³/mol. The minimum atomic E-state index is -0.889.